The monoisotopic (exact) mass is 242 g/mol. The van der Waals surface area contributed by atoms with Crippen LogP contribution in [0, 0.1) is 11.8 Å². The first-order valence-corrected chi connectivity index (χ1v) is 6.97. The second-order valence-corrected chi connectivity index (χ2v) is 6.06. The predicted octanol–water partition coefficient (Wildman–Crippen LogP) is 2.11. The molecule has 102 valence electrons. The summed E-state index contributed by atoms with van der Waals surface area (Å²) >= 11 is 0. The first kappa shape index (κ1) is 14.9. The van der Waals surface area contributed by atoms with Crippen molar-refractivity contribution in [2.45, 2.75) is 45.6 Å². The molecule has 1 rings (SSSR count). The molecule has 2 N–H and O–H groups in total. The summed E-state index contributed by atoms with van der Waals surface area (Å²) in [5, 5.41) is 0. The molecule has 3 heteroatoms. The van der Waals surface area contributed by atoms with Crippen molar-refractivity contribution >= 4 is 0 Å². The van der Waals surface area contributed by atoms with Crippen molar-refractivity contribution in [3.63, 3.8) is 0 Å². The highest BCUT2D eigenvalue weighted by Gasteiger charge is 2.32. The van der Waals surface area contributed by atoms with Crippen LogP contribution in [0.3, 0.4) is 0 Å². The minimum absolute atomic E-state index is 0.0145. The smallest absolute Gasteiger partial charge is 0.0656 e. The molecular formula is C14H30N2O. The molecule has 1 fully saturated rings. The zero-order valence-electron chi connectivity index (χ0n) is 12.0. The molecule has 0 aromatic rings. The Morgan fingerprint density at radius 1 is 1.35 bits per heavy atom. The Morgan fingerprint density at radius 3 is 2.59 bits per heavy atom. The second-order valence-electron chi connectivity index (χ2n) is 6.06. The standard InChI is InChI=1S/C14H30N2O/c1-12(2)13-6-5-8-16(9-7-13)14(3,10-15)11-17-4/h12-13H,5-11,15H2,1-4H3. The molecule has 1 aliphatic rings. The summed E-state index contributed by atoms with van der Waals surface area (Å²) in [6, 6.07) is 0. The van der Waals surface area contributed by atoms with Gasteiger partial charge in [0.05, 0.1) is 12.1 Å². The highest BCUT2D eigenvalue weighted by Crippen LogP contribution is 2.27. The lowest BCUT2D eigenvalue weighted by atomic mass is 9.89. The van der Waals surface area contributed by atoms with Gasteiger partial charge >= 0.3 is 0 Å². The summed E-state index contributed by atoms with van der Waals surface area (Å²) in [5.41, 5.74) is 5.96. The van der Waals surface area contributed by atoms with Crippen molar-refractivity contribution in [3.8, 4) is 0 Å². The third kappa shape index (κ3) is 3.94. The minimum Gasteiger partial charge on any atom is -0.383 e. The van der Waals surface area contributed by atoms with Crippen LogP contribution in [0.4, 0.5) is 0 Å². The topological polar surface area (TPSA) is 38.5 Å². The van der Waals surface area contributed by atoms with Gasteiger partial charge in [0, 0.05) is 13.7 Å². The van der Waals surface area contributed by atoms with Crippen molar-refractivity contribution in [2.75, 3.05) is 33.4 Å². The van der Waals surface area contributed by atoms with Gasteiger partial charge in [0.15, 0.2) is 0 Å². The van der Waals surface area contributed by atoms with Gasteiger partial charge < -0.3 is 10.5 Å². The molecule has 0 aromatic carbocycles. The molecule has 0 radical (unpaired) electrons. The van der Waals surface area contributed by atoms with E-state index in [1.54, 1.807) is 7.11 Å². The van der Waals surface area contributed by atoms with Gasteiger partial charge in [-0.05, 0) is 51.1 Å². The Labute approximate surface area is 107 Å². The summed E-state index contributed by atoms with van der Waals surface area (Å²) in [6.07, 6.45) is 3.96. The Hall–Kier alpha value is -0.120. The van der Waals surface area contributed by atoms with Crippen molar-refractivity contribution in [3.05, 3.63) is 0 Å². The van der Waals surface area contributed by atoms with E-state index in [1.807, 2.05) is 0 Å². The van der Waals surface area contributed by atoms with Gasteiger partial charge in [0.2, 0.25) is 0 Å². The van der Waals surface area contributed by atoms with Crippen LogP contribution in [-0.2, 0) is 4.74 Å². The van der Waals surface area contributed by atoms with Crippen LogP contribution in [0.1, 0.15) is 40.0 Å². The average molecular weight is 242 g/mol. The molecule has 0 aliphatic carbocycles. The maximum Gasteiger partial charge on any atom is 0.0656 e. The molecular weight excluding hydrogens is 212 g/mol. The average Bonchev–Trinajstić information content (AvgIpc) is 2.55. The van der Waals surface area contributed by atoms with E-state index in [1.165, 1.54) is 32.4 Å². The number of hydrogen-bond acceptors (Lipinski definition) is 3. The molecule has 2 atom stereocenters. The van der Waals surface area contributed by atoms with Crippen LogP contribution in [0.5, 0.6) is 0 Å². The summed E-state index contributed by atoms with van der Waals surface area (Å²) in [7, 11) is 1.77. The van der Waals surface area contributed by atoms with Crippen LogP contribution >= 0.6 is 0 Å². The highest BCUT2D eigenvalue weighted by molar-refractivity contribution is 4.89. The van der Waals surface area contributed by atoms with Crippen molar-refractivity contribution < 1.29 is 4.74 Å². The van der Waals surface area contributed by atoms with E-state index in [0.717, 1.165) is 18.4 Å². The van der Waals surface area contributed by atoms with Gasteiger partial charge in [0.25, 0.3) is 0 Å². The van der Waals surface area contributed by atoms with E-state index < -0.39 is 0 Å². The normalized spacial score (nSPS) is 26.8. The maximum atomic E-state index is 5.95. The number of likely N-dealkylation sites (tertiary alicyclic amines) is 1. The van der Waals surface area contributed by atoms with E-state index in [4.69, 9.17) is 10.5 Å². The van der Waals surface area contributed by atoms with Gasteiger partial charge in [-0.3, -0.25) is 4.90 Å². The van der Waals surface area contributed by atoms with Gasteiger partial charge in [-0.2, -0.15) is 0 Å². The number of nitrogens with zero attached hydrogens (tertiary/aromatic N) is 1. The molecule has 0 amide bonds. The number of nitrogens with two attached hydrogens (primary N) is 1. The van der Waals surface area contributed by atoms with Gasteiger partial charge in [0.1, 0.15) is 0 Å². The van der Waals surface area contributed by atoms with Crippen LogP contribution in [0.2, 0.25) is 0 Å². The Bertz CT molecular complexity index is 220. The van der Waals surface area contributed by atoms with E-state index in [9.17, 15) is 0 Å². The quantitative estimate of drug-likeness (QED) is 0.802. The molecule has 2 unspecified atom stereocenters. The lowest BCUT2D eigenvalue weighted by Gasteiger charge is -2.39. The summed E-state index contributed by atoms with van der Waals surface area (Å²) in [5.74, 6) is 1.69. The second kappa shape index (κ2) is 6.72. The zero-order chi connectivity index (χ0) is 12.9. The summed E-state index contributed by atoms with van der Waals surface area (Å²) < 4.78 is 5.34. The molecule has 1 heterocycles. The van der Waals surface area contributed by atoms with Crippen LogP contribution in [0.15, 0.2) is 0 Å². The summed E-state index contributed by atoms with van der Waals surface area (Å²) in [6.45, 7) is 10.7. The molecule has 1 aliphatic heterocycles. The fourth-order valence-corrected chi connectivity index (χ4v) is 2.92. The molecule has 17 heavy (non-hydrogen) atoms. The third-order valence-electron chi connectivity index (χ3n) is 4.37. The fourth-order valence-electron chi connectivity index (χ4n) is 2.92. The number of ether oxygens (including phenoxy) is 1. The van der Waals surface area contributed by atoms with Crippen molar-refractivity contribution in [1.82, 2.24) is 4.90 Å². The van der Waals surface area contributed by atoms with E-state index in [0.29, 0.717) is 6.54 Å². The van der Waals surface area contributed by atoms with Crippen molar-refractivity contribution in [1.29, 1.82) is 0 Å². The zero-order valence-corrected chi connectivity index (χ0v) is 12.0. The van der Waals surface area contributed by atoms with E-state index >= 15 is 0 Å². The third-order valence-corrected chi connectivity index (χ3v) is 4.37. The highest BCUT2D eigenvalue weighted by atomic mass is 16.5. The number of rotatable bonds is 5. The van der Waals surface area contributed by atoms with E-state index in [-0.39, 0.29) is 5.54 Å². The molecule has 0 aromatic heterocycles. The van der Waals surface area contributed by atoms with Gasteiger partial charge in [-0.15, -0.1) is 0 Å². The number of hydrogen-bond donors (Lipinski definition) is 1. The fraction of sp³-hybridized carbons (Fsp3) is 1.00. The maximum absolute atomic E-state index is 5.95. The molecule has 3 nitrogen and oxygen atoms in total. The Morgan fingerprint density at radius 2 is 2.06 bits per heavy atom. The lowest BCUT2D eigenvalue weighted by Crippen LogP contribution is -2.55. The minimum atomic E-state index is 0.0145. The molecule has 0 saturated carbocycles. The summed E-state index contributed by atoms with van der Waals surface area (Å²) in [4.78, 5) is 2.54. The van der Waals surface area contributed by atoms with E-state index in [2.05, 4.69) is 25.7 Å². The first-order chi connectivity index (χ1) is 8.03. The van der Waals surface area contributed by atoms with Gasteiger partial charge in [-0.1, -0.05) is 13.8 Å². The van der Waals surface area contributed by atoms with Gasteiger partial charge in [-0.25, -0.2) is 0 Å². The van der Waals surface area contributed by atoms with Crippen molar-refractivity contribution in [2.24, 2.45) is 17.6 Å². The Balaban J connectivity index is 2.60. The van der Waals surface area contributed by atoms with Crippen LogP contribution < -0.4 is 5.73 Å². The number of methoxy groups -OCH3 is 1. The first-order valence-electron chi connectivity index (χ1n) is 6.97. The lowest BCUT2D eigenvalue weighted by molar-refractivity contribution is 0.0281. The Kier molecular flexibility index (Phi) is 5.90. The van der Waals surface area contributed by atoms with Crippen LogP contribution in [0.25, 0.3) is 0 Å². The SMILES string of the molecule is COCC(C)(CN)N1CCCC(C(C)C)CC1. The molecule has 0 spiro atoms. The van der Waals surface area contributed by atoms with Crippen LogP contribution in [-0.4, -0.2) is 43.8 Å². The largest absolute Gasteiger partial charge is 0.383 e. The molecule has 0 bridgehead atoms. The predicted molar refractivity (Wildman–Crippen MR) is 73.1 cm³/mol. The molecule has 1 saturated heterocycles.